The molecule has 5 nitrogen and oxygen atoms in total. The number of amides is 1. The third kappa shape index (κ3) is 2.95. The van der Waals surface area contributed by atoms with Gasteiger partial charge in [0.1, 0.15) is 17.7 Å². The number of carbonyl (C=O) groups is 1. The van der Waals surface area contributed by atoms with Gasteiger partial charge in [-0.15, -0.1) is 0 Å². The van der Waals surface area contributed by atoms with Crippen LogP contribution in [0.15, 0.2) is 36.7 Å². The highest BCUT2D eigenvalue weighted by atomic mass is 19.1. The van der Waals surface area contributed by atoms with Gasteiger partial charge in [-0.05, 0) is 43.8 Å². The van der Waals surface area contributed by atoms with Gasteiger partial charge in [-0.25, -0.2) is 9.37 Å². The van der Waals surface area contributed by atoms with Crippen LogP contribution in [-0.4, -0.2) is 28.5 Å². The molecule has 1 amide bonds. The Bertz CT molecular complexity index is 781. The van der Waals surface area contributed by atoms with Crippen molar-refractivity contribution in [2.24, 2.45) is 18.4 Å². The monoisotopic (exact) mass is 342 g/mol. The lowest BCUT2D eigenvalue weighted by atomic mass is 9.91. The van der Waals surface area contributed by atoms with Crippen molar-refractivity contribution in [1.29, 1.82) is 0 Å². The molecule has 1 aliphatic heterocycles. The molecule has 2 aliphatic rings. The van der Waals surface area contributed by atoms with Crippen LogP contribution < -0.4 is 10.6 Å². The van der Waals surface area contributed by atoms with Crippen LogP contribution in [0.4, 0.5) is 4.39 Å². The molecule has 2 N–H and O–H groups in total. The minimum absolute atomic E-state index is 0.0122. The Labute approximate surface area is 146 Å². The van der Waals surface area contributed by atoms with Gasteiger partial charge in [-0.3, -0.25) is 4.79 Å². The topological polar surface area (TPSA) is 59.0 Å². The van der Waals surface area contributed by atoms with E-state index < -0.39 is 6.04 Å². The number of carbonyl (C=O) groups excluding carboxylic acids is 1. The lowest BCUT2D eigenvalue weighted by Crippen LogP contribution is -2.36. The highest BCUT2D eigenvalue weighted by Gasteiger charge is 2.57. The van der Waals surface area contributed by atoms with Gasteiger partial charge < -0.3 is 15.2 Å². The maximum atomic E-state index is 14.4. The van der Waals surface area contributed by atoms with Crippen molar-refractivity contribution in [1.82, 2.24) is 20.2 Å². The normalized spacial score (nSPS) is 22.6. The van der Waals surface area contributed by atoms with Gasteiger partial charge in [0, 0.05) is 30.9 Å². The Morgan fingerprint density at radius 2 is 2.16 bits per heavy atom. The number of hydrogen-bond acceptors (Lipinski definition) is 3. The predicted octanol–water partition coefficient (Wildman–Crippen LogP) is 2.15. The van der Waals surface area contributed by atoms with Gasteiger partial charge in [0.15, 0.2) is 0 Å². The van der Waals surface area contributed by atoms with E-state index in [9.17, 15) is 9.18 Å². The summed E-state index contributed by atoms with van der Waals surface area (Å²) >= 11 is 0. The lowest BCUT2D eigenvalue weighted by molar-refractivity contribution is -0.123. The van der Waals surface area contributed by atoms with Crippen LogP contribution in [0, 0.1) is 17.2 Å². The van der Waals surface area contributed by atoms with Crippen LogP contribution in [0.5, 0.6) is 0 Å². The number of aromatic nitrogens is 2. The van der Waals surface area contributed by atoms with E-state index in [1.165, 1.54) is 6.07 Å². The number of nitrogens with zero attached hydrogens (tertiary/aromatic N) is 2. The second-order valence-corrected chi connectivity index (χ2v) is 7.23. The smallest absolute Gasteiger partial charge is 0.224 e. The van der Waals surface area contributed by atoms with Gasteiger partial charge in [0.25, 0.3) is 0 Å². The first-order chi connectivity index (χ1) is 12.1. The van der Waals surface area contributed by atoms with Crippen molar-refractivity contribution in [2.75, 3.05) is 13.1 Å². The molecule has 1 aliphatic carbocycles. The van der Waals surface area contributed by atoms with Crippen LogP contribution in [-0.2, 0) is 11.8 Å². The number of halogens is 1. The summed E-state index contributed by atoms with van der Waals surface area (Å²) in [7, 11) is 1.85. The van der Waals surface area contributed by atoms with Gasteiger partial charge in [-0.1, -0.05) is 18.2 Å². The molecule has 25 heavy (non-hydrogen) atoms. The van der Waals surface area contributed by atoms with Crippen molar-refractivity contribution in [3.05, 3.63) is 53.9 Å². The van der Waals surface area contributed by atoms with Crippen LogP contribution in [0.2, 0.25) is 0 Å². The Balaban J connectivity index is 1.58. The molecule has 1 saturated heterocycles. The summed E-state index contributed by atoms with van der Waals surface area (Å²) in [6, 6.07) is 5.99. The first kappa shape index (κ1) is 16.3. The molecule has 132 valence electrons. The number of piperidine rings is 1. The zero-order chi connectivity index (χ0) is 17.4. The molecular formula is C19H23FN4O. The number of benzene rings is 1. The standard InChI is InChI=1S/C19H23FN4O/c1-24-11-10-22-17(24)16(13-4-2-3-5-15(13)20)23-18(25)14-12-19(14)6-8-21-9-7-19/h2-5,10-11,14,16,21H,6-9,12H2,1H3,(H,23,25). The molecule has 4 rings (SSSR count). The fraction of sp³-hybridized carbons (Fsp3) is 0.474. The molecule has 0 radical (unpaired) electrons. The van der Waals surface area contributed by atoms with Crippen LogP contribution in [0.25, 0.3) is 0 Å². The maximum absolute atomic E-state index is 14.4. The molecule has 2 heterocycles. The summed E-state index contributed by atoms with van der Waals surface area (Å²) in [5, 5.41) is 6.42. The Hall–Kier alpha value is -2.21. The van der Waals surface area contributed by atoms with Crippen LogP contribution in [0.1, 0.15) is 36.7 Å². The number of hydrogen-bond donors (Lipinski definition) is 2. The van der Waals surface area contributed by atoms with Gasteiger partial charge in [0.2, 0.25) is 5.91 Å². The van der Waals surface area contributed by atoms with Crippen LogP contribution >= 0.6 is 0 Å². The Kier molecular flexibility index (Phi) is 4.07. The minimum atomic E-state index is -0.576. The Morgan fingerprint density at radius 3 is 2.84 bits per heavy atom. The van der Waals surface area contributed by atoms with E-state index in [0.29, 0.717) is 11.4 Å². The number of aryl methyl sites for hydroxylation is 1. The Morgan fingerprint density at radius 1 is 1.40 bits per heavy atom. The van der Waals surface area contributed by atoms with Gasteiger partial charge in [-0.2, -0.15) is 0 Å². The number of rotatable bonds is 4. The second kappa shape index (κ2) is 6.26. The predicted molar refractivity (Wildman–Crippen MR) is 92.2 cm³/mol. The van der Waals surface area contributed by atoms with E-state index in [-0.39, 0.29) is 23.1 Å². The average molecular weight is 342 g/mol. The average Bonchev–Trinajstić information content (AvgIpc) is 3.13. The van der Waals surface area contributed by atoms with Crippen molar-refractivity contribution >= 4 is 5.91 Å². The number of nitrogens with one attached hydrogen (secondary N) is 2. The fourth-order valence-corrected chi connectivity index (χ4v) is 4.08. The van der Waals surface area contributed by atoms with E-state index >= 15 is 0 Å². The second-order valence-electron chi connectivity index (χ2n) is 7.23. The molecule has 2 aromatic rings. The highest BCUT2D eigenvalue weighted by molar-refractivity contribution is 5.83. The molecule has 1 aromatic heterocycles. The molecule has 1 aromatic carbocycles. The highest BCUT2D eigenvalue weighted by Crippen LogP contribution is 2.58. The largest absolute Gasteiger partial charge is 0.342 e. The van der Waals surface area contributed by atoms with E-state index in [2.05, 4.69) is 15.6 Å². The summed E-state index contributed by atoms with van der Waals surface area (Å²) in [4.78, 5) is 17.2. The van der Waals surface area contributed by atoms with Crippen molar-refractivity contribution < 1.29 is 9.18 Å². The lowest BCUT2D eigenvalue weighted by Gasteiger charge is -2.24. The van der Waals surface area contributed by atoms with Crippen molar-refractivity contribution in [3.63, 3.8) is 0 Å². The third-order valence-electron chi connectivity index (χ3n) is 5.73. The molecule has 2 fully saturated rings. The van der Waals surface area contributed by atoms with Crippen molar-refractivity contribution in [3.8, 4) is 0 Å². The number of imidazole rings is 1. The maximum Gasteiger partial charge on any atom is 0.224 e. The summed E-state index contributed by atoms with van der Waals surface area (Å²) < 4.78 is 16.2. The minimum Gasteiger partial charge on any atom is -0.342 e. The zero-order valence-electron chi connectivity index (χ0n) is 14.3. The first-order valence-electron chi connectivity index (χ1n) is 8.83. The molecular weight excluding hydrogens is 319 g/mol. The van der Waals surface area contributed by atoms with Crippen molar-refractivity contribution in [2.45, 2.75) is 25.3 Å². The molecule has 2 unspecified atom stereocenters. The molecule has 1 spiro atoms. The SMILES string of the molecule is Cn1ccnc1C(NC(=O)C1CC12CCNCC2)c1ccccc1F. The fourth-order valence-electron chi connectivity index (χ4n) is 4.08. The van der Waals surface area contributed by atoms with Gasteiger partial charge in [0.05, 0.1) is 0 Å². The van der Waals surface area contributed by atoms with E-state index in [1.807, 2.05) is 11.6 Å². The third-order valence-corrected chi connectivity index (χ3v) is 5.73. The quantitative estimate of drug-likeness (QED) is 0.895. The van der Waals surface area contributed by atoms with E-state index in [0.717, 1.165) is 32.4 Å². The molecule has 2 atom stereocenters. The van der Waals surface area contributed by atoms with E-state index in [1.54, 1.807) is 30.6 Å². The first-order valence-corrected chi connectivity index (χ1v) is 8.83. The van der Waals surface area contributed by atoms with Gasteiger partial charge >= 0.3 is 0 Å². The molecule has 0 bridgehead atoms. The zero-order valence-corrected chi connectivity index (χ0v) is 14.3. The summed E-state index contributed by atoms with van der Waals surface area (Å²) in [5.41, 5.74) is 0.599. The summed E-state index contributed by atoms with van der Waals surface area (Å²) in [6.07, 6.45) is 6.49. The molecule has 1 saturated carbocycles. The molecule has 6 heteroatoms. The summed E-state index contributed by atoms with van der Waals surface area (Å²) in [5.74, 6) is 0.351. The summed E-state index contributed by atoms with van der Waals surface area (Å²) in [6.45, 7) is 1.94. The van der Waals surface area contributed by atoms with Crippen LogP contribution in [0.3, 0.4) is 0 Å². The van der Waals surface area contributed by atoms with E-state index in [4.69, 9.17) is 0 Å².